The zero-order valence-corrected chi connectivity index (χ0v) is 10.5. The molecule has 2 rings (SSSR count). The second-order valence-electron chi connectivity index (χ2n) is 5.77. The van der Waals surface area contributed by atoms with E-state index in [-0.39, 0.29) is 11.5 Å². The predicted octanol–water partition coefficient (Wildman–Crippen LogP) is 2.51. The van der Waals surface area contributed by atoms with Crippen LogP contribution < -0.4 is 0 Å². The molecule has 2 fully saturated rings. The van der Waals surface area contributed by atoms with Crippen LogP contribution in [0, 0.1) is 17.8 Å². The number of fused-ring (bicyclic) bond motifs is 1. The quantitative estimate of drug-likeness (QED) is 0.681. The van der Waals surface area contributed by atoms with Gasteiger partial charge in [-0.1, -0.05) is 0 Å². The molecule has 2 aliphatic carbocycles. The summed E-state index contributed by atoms with van der Waals surface area (Å²) < 4.78 is 0. The molecule has 0 heterocycles. The number of nitrogens with zero attached hydrogens (tertiary/aromatic N) is 1. The first-order valence-corrected chi connectivity index (χ1v) is 6.33. The average molecular weight is 230 g/mol. The standard InChI is InChI=1S/C12H20ClNO/c1-12(2,7-13)14(3)11(15)10-5-8-4-9(8)6-10/h8-10H,4-7H2,1-3H3. The summed E-state index contributed by atoms with van der Waals surface area (Å²) in [6.07, 6.45) is 3.60. The third kappa shape index (κ3) is 2.01. The Bertz CT molecular complexity index is 267. The van der Waals surface area contributed by atoms with E-state index in [4.69, 9.17) is 11.6 Å². The fourth-order valence-electron chi connectivity index (χ4n) is 2.58. The van der Waals surface area contributed by atoms with Crippen molar-refractivity contribution < 1.29 is 4.79 Å². The van der Waals surface area contributed by atoms with E-state index < -0.39 is 0 Å². The van der Waals surface area contributed by atoms with Crippen LogP contribution in [0.1, 0.15) is 33.1 Å². The maximum absolute atomic E-state index is 12.2. The van der Waals surface area contributed by atoms with Gasteiger partial charge >= 0.3 is 0 Å². The number of carbonyl (C=O) groups is 1. The van der Waals surface area contributed by atoms with Gasteiger partial charge in [-0.3, -0.25) is 4.79 Å². The molecule has 0 aliphatic heterocycles. The molecule has 0 aromatic heterocycles. The third-order valence-corrected chi connectivity index (χ3v) is 4.81. The van der Waals surface area contributed by atoms with Crippen molar-refractivity contribution in [3.05, 3.63) is 0 Å². The fourth-order valence-corrected chi connectivity index (χ4v) is 2.76. The molecule has 2 aliphatic rings. The van der Waals surface area contributed by atoms with E-state index in [2.05, 4.69) is 0 Å². The van der Waals surface area contributed by atoms with E-state index >= 15 is 0 Å². The Morgan fingerprint density at radius 3 is 2.33 bits per heavy atom. The minimum absolute atomic E-state index is 0.217. The smallest absolute Gasteiger partial charge is 0.225 e. The predicted molar refractivity (Wildman–Crippen MR) is 61.9 cm³/mol. The van der Waals surface area contributed by atoms with Gasteiger partial charge in [0.25, 0.3) is 0 Å². The Morgan fingerprint density at radius 2 is 1.87 bits per heavy atom. The highest BCUT2D eigenvalue weighted by atomic mass is 35.5. The number of carbonyl (C=O) groups excluding carboxylic acids is 1. The van der Waals surface area contributed by atoms with Crippen LogP contribution in [0.2, 0.25) is 0 Å². The zero-order valence-electron chi connectivity index (χ0n) is 9.79. The lowest BCUT2D eigenvalue weighted by Crippen LogP contribution is -2.48. The lowest BCUT2D eigenvalue weighted by atomic mass is 9.98. The number of hydrogen-bond donors (Lipinski definition) is 0. The minimum Gasteiger partial charge on any atom is -0.339 e. The molecule has 3 heteroatoms. The van der Waals surface area contributed by atoms with Crippen molar-refractivity contribution in [1.82, 2.24) is 4.90 Å². The third-order valence-electron chi connectivity index (χ3n) is 4.16. The Hall–Kier alpha value is -0.240. The van der Waals surface area contributed by atoms with Crippen LogP contribution in [0.3, 0.4) is 0 Å². The summed E-state index contributed by atoms with van der Waals surface area (Å²) in [4.78, 5) is 14.0. The molecule has 0 radical (unpaired) electrons. The van der Waals surface area contributed by atoms with Crippen LogP contribution in [0.15, 0.2) is 0 Å². The Morgan fingerprint density at radius 1 is 1.33 bits per heavy atom. The van der Waals surface area contributed by atoms with Crippen LogP contribution in [0.4, 0.5) is 0 Å². The van der Waals surface area contributed by atoms with Crippen LogP contribution >= 0.6 is 11.6 Å². The highest BCUT2D eigenvalue weighted by Crippen LogP contribution is 2.54. The summed E-state index contributed by atoms with van der Waals surface area (Å²) in [5.41, 5.74) is -0.217. The summed E-state index contributed by atoms with van der Waals surface area (Å²) in [7, 11) is 1.88. The second-order valence-corrected chi connectivity index (χ2v) is 6.03. The topological polar surface area (TPSA) is 20.3 Å². The number of hydrogen-bond acceptors (Lipinski definition) is 1. The molecule has 2 unspecified atom stereocenters. The summed E-state index contributed by atoms with van der Waals surface area (Å²) >= 11 is 5.88. The molecule has 0 saturated heterocycles. The summed E-state index contributed by atoms with van der Waals surface area (Å²) in [6, 6.07) is 0. The Kier molecular flexibility index (Phi) is 2.74. The Balaban J connectivity index is 1.95. The van der Waals surface area contributed by atoms with Gasteiger partial charge in [-0.25, -0.2) is 0 Å². The van der Waals surface area contributed by atoms with Crippen molar-refractivity contribution >= 4 is 17.5 Å². The van der Waals surface area contributed by atoms with Gasteiger partial charge in [0.1, 0.15) is 0 Å². The van der Waals surface area contributed by atoms with E-state index in [0.29, 0.717) is 11.8 Å². The molecular formula is C12H20ClNO. The molecule has 0 aromatic carbocycles. The molecule has 0 spiro atoms. The number of alkyl halides is 1. The average Bonchev–Trinajstić information content (AvgIpc) is 2.83. The maximum atomic E-state index is 12.2. The van der Waals surface area contributed by atoms with E-state index in [1.807, 2.05) is 25.8 Å². The van der Waals surface area contributed by atoms with E-state index in [1.54, 1.807) is 0 Å². The molecule has 2 saturated carbocycles. The monoisotopic (exact) mass is 229 g/mol. The van der Waals surface area contributed by atoms with Crippen LogP contribution in [-0.2, 0) is 4.79 Å². The van der Waals surface area contributed by atoms with Crippen molar-refractivity contribution in [1.29, 1.82) is 0 Å². The van der Waals surface area contributed by atoms with Gasteiger partial charge in [0.2, 0.25) is 5.91 Å². The van der Waals surface area contributed by atoms with Crippen LogP contribution in [-0.4, -0.2) is 29.3 Å². The van der Waals surface area contributed by atoms with Gasteiger partial charge in [-0.15, -0.1) is 11.6 Å². The van der Waals surface area contributed by atoms with Gasteiger partial charge in [-0.05, 0) is 44.9 Å². The van der Waals surface area contributed by atoms with Crippen molar-refractivity contribution in [2.24, 2.45) is 17.8 Å². The molecule has 0 aromatic rings. The van der Waals surface area contributed by atoms with Gasteiger partial charge in [0.15, 0.2) is 0 Å². The normalized spacial score (nSPS) is 33.7. The summed E-state index contributed by atoms with van der Waals surface area (Å²) in [5.74, 6) is 2.81. The molecular weight excluding hydrogens is 210 g/mol. The first-order chi connectivity index (χ1) is 6.95. The van der Waals surface area contributed by atoms with Gasteiger partial charge in [-0.2, -0.15) is 0 Å². The lowest BCUT2D eigenvalue weighted by molar-refractivity contribution is -0.138. The van der Waals surface area contributed by atoms with Crippen molar-refractivity contribution in [2.75, 3.05) is 12.9 Å². The number of rotatable bonds is 3. The molecule has 2 atom stereocenters. The van der Waals surface area contributed by atoms with Crippen molar-refractivity contribution in [3.63, 3.8) is 0 Å². The number of halogens is 1. The highest BCUT2D eigenvalue weighted by molar-refractivity contribution is 6.18. The van der Waals surface area contributed by atoms with Crippen LogP contribution in [0.25, 0.3) is 0 Å². The SMILES string of the molecule is CN(C(=O)C1CC2CC2C1)C(C)(C)CCl. The molecule has 0 N–H and O–H groups in total. The molecule has 1 amide bonds. The first-order valence-electron chi connectivity index (χ1n) is 5.79. The van der Waals surface area contributed by atoms with Gasteiger partial charge < -0.3 is 4.90 Å². The maximum Gasteiger partial charge on any atom is 0.225 e. The Labute approximate surface area is 97.0 Å². The largest absolute Gasteiger partial charge is 0.339 e. The van der Waals surface area contributed by atoms with Gasteiger partial charge in [0, 0.05) is 18.8 Å². The molecule has 86 valence electrons. The van der Waals surface area contributed by atoms with Crippen molar-refractivity contribution in [3.8, 4) is 0 Å². The second kappa shape index (κ2) is 3.65. The van der Waals surface area contributed by atoms with E-state index in [1.165, 1.54) is 6.42 Å². The number of amides is 1. The lowest BCUT2D eigenvalue weighted by Gasteiger charge is -2.36. The first kappa shape index (κ1) is 11.3. The molecule has 15 heavy (non-hydrogen) atoms. The fraction of sp³-hybridized carbons (Fsp3) is 0.917. The van der Waals surface area contributed by atoms with Crippen LogP contribution in [0.5, 0.6) is 0 Å². The summed E-state index contributed by atoms with van der Waals surface area (Å²) in [5, 5.41) is 0. The zero-order chi connectivity index (χ0) is 11.2. The highest BCUT2D eigenvalue weighted by Gasteiger charge is 2.49. The van der Waals surface area contributed by atoms with Gasteiger partial charge in [0.05, 0.1) is 5.54 Å². The van der Waals surface area contributed by atoms with E-state index in [0.717, 1.165) is 24.7 Å². The van der Waals surface area contributed by atoms with Crippen molar-refractivity contribution in [2.45, 2.75) is 38.6 Å². The summed E-state index contributed by atoms with van der Waals surface area (Å²) in [6.45, 7) is 4.04. The van der Waals surface area contributed by atoms with E-state index in [9.17, 15) is 4.79 Å². The minimum atomic E-state index is -0.217. The molecule has 0 bridgehead atoms. The molecule has 2 nitrogen and oxygen atoms in total.